The highest BCUT2D eigenvalue weighted by atomic mass is 19.1. The summed E-state index contributed by atoms with van der Waals surface area (Å²) in [6.45, 7) is 1.70. The van der Waals surface area contributed by atoms with Crippen molar-refractivity contribution >= 4 is 5.91 Å². The largest absolute Gasteiger partial charge is 0.393 e. The number of hydrogen-bond acceptors (Lipinski definition) is 2. The normalized spacial score (nSPS) is 35.5. The van der Waals surface area contributed by atoms with Crippen molar-refractivity contribution in [2.24, 2.45) is 11.8 Å². The van der Waals surface area contributed by atoms with Crippen LogP contribution < -0.4 is 0 Å². The van der Waals surface area contributed by atoms with E-state index in [2.05, 4.69) is 0 Å². The fraction of sp³-hybridized carbons (Fsp3) is 0.889. The van der Waals surface area contributed by atoms with E-state index < -0.39 is 12.3 Å². The van der Waals surface area contributed by atoms with Gasteiger partial charge in [0.05, 0.1) is 19.7 Å². The third-order valence-electron chi connectivity index (χ3n) is 2.97. The highest BCUT2D eigenvalue weighted by molar-refractivity contribution is 5.82. The summed E-state index contributed by atoms with van der Waals surface area (Å²) in [6.07, 6.45) is 0.938. The minimum Gasteiger partial charge on any atom is -0.393 e. The van der Waals surface area contributed by atoms with Gasteiger partial charge in [-0.15, -0.1) is 0 Å². The Balaban J connectivity index is 1.83. The monoisotopic (exact) mass is 187 g/mol. The van der Waals surface area contributed by atoms with Gasteiger partial charge in [0.15, 0.2) is 5.67 Å². The summed E-state index contributed by atoms with van der Waals surface area (Å²) < 4.78 is 13.2. The van der Waals surface area contributed by atoms with Gasteiger partial charge in [0.1, 0.15) is 0 Å². The number of rotatable bonds is 2. The number of aliphatic hydroxyl groups excluding tert-OH is 1. The van der Waals surface area contributed by atoms with Gasteiger partial charge >= 0.3 is 0 Å². The molecular weight excluding hydrogens is 173 g/mol. The van der Waals surface area contributed by atoms with E-state index >= 15 is 0 Å². The summed E-state index contributed by atoms with van der Waals surface area (Å²) in [5, 5.41) is 8.64. The first kappa shape index (κ1) is 8.94. The summed E-state index contributed by atoms with van der Waals surface area (Å²) in [5.41, 5.74) is -1.52. The summed E-state index contributed by atoms with van der Waals surface area (Å²) in [6, 6.07) is 0. The zero-order valence-corrected chi connectivity index (χ0v) is 7.66. The van der Waals surface area contributed by atoms with Crippen LogP contribution in [-0.4, -0.2) is 41.3 Å². The second kappa shape index (κ2) is 2.67. The predicted molar refractivity (Wildman–Crippen MR) is 44.8 cm³/mol. The number of amides is 1. The molecule has 1 N–H and O–H groups in total. The molecule has 0 radical (unpaired) electrons. The van der Waals surface area contributed by atoms with Crippen LogP contribution in [-0.2, 0) is 4.79 Å². The minimum atomic E-state index is -1.52. The molecule has 1 heterocycles. The maximum absolute atomic E-state index is 13.2. The van der Waals surface area contributed by atoms with E-state index in [1.807, 2.05) is 6.92 Å². The fourth-order valence-electron chi connectivity index (χ4n) is 1.79. The first-order chi connectivity index (χ1) is 6.06. The highest BCUT2D eigenvalue weighted by Crippen LogP contribution is 2.41. The van der Waals surface area contributed by atoms with Crippen molar-refractivity contribution < 1.29 is 14.3 Å². The van der Waals surface area contributed by atoms with Gasteiger partial charge in [-0.1, -0.05) is 6.92 Å². The number of nitrogens with zero attached hydrogens (tertiary/aromatic N) is 1. The lowest BCUT2D eigenvalue weighted by Gasteiger charge is -2.43. The second-order valence-electron chi connectivity index (χ2n) is 4.32. The van der Waals surface area contributed by atoms with Gasteiger partial charge in [-0.25, -0.2) is 4.39 Å². The number of carbonyl (C=O) groups is 1. The maximum atomic E-state index is 13.2. The van der Waals surface area contributed by atoms with E-state index in [9.17, 15) is 9.18 Å². The Kier molecular flexibility index (Phi) is 1.84. The quantitative estimate of drug-likeness (QED) is 0.670. The van der Waals surface area contributed by atoms with Gasteiger partial charge in [0.25, 0.3) is 0 Å². The summed E-state index contributed by atoms with van der Waals surface area (Å²) in [7, 11) is 0. The lowest BCUT2D eigenvalue weighted by Crippen LogP contribution is -2.63. The number of carbonyl (C=O) groups excluding carboxylic acids is 1. The molecule has 2 atom stereocenters. The number of halogens is 1. The van der Waals surface area contributed by atoms with E-state index in [1.54, 1.807) is 0 Å². The van der Waals surface area contributed by atoms with Gasteiger partial charge in [0.2, 0.25) is 5.91 Å². The van der Waals surface area contributed by atoms with Crippen molar-refractivity contribution in [3.63, 3.8) is 0 Å². The van der Waals surface area contributed by atoms with Gasteiger partial charge in [-0.05, 0) is 12.3 Å². The Morgan fingerprint density at radius 2 is 2.23 bits per heavy atom. The molecule has 1 saturated carbocycles. The van der Waals surface area contributed by atoms with Crippen LogP contribution >= 0.6 is 0 Å². The standard InChI is InChI=1S/C9H14FNO2/c1-6-2-7(6)8(13)11-3-9(10,4-11)5-12/h6-7,12H,2-5H2,1H3. The lowest BCUT2D eigenvalue weighted by molar-refractivity contribution is -0.150. The zero-order chi connectivity index (χ0) is 9.64. The van der Waals surface area contributed by atoms with Crippen molar-refractivity contribution in [2.45, 2.75) is 19.0 Å². The summed E-state index contributed by atoms with van der Waals surface area (Å²) in [4.78, 5) is 13.0. The third-order valence-corrected chi connectivity index (χ3v) is 2.97. The number of hydrogen-bond donors (Lipinski definition) is 1. The van der Waals surface area contributed by atoms with Gasteiger partial charge < -0.3 is 10.0 Å². The average Bonchev–Trinajstić information content (AvgIpc) is 2.76. The molecule has 1 amide bonds. The smallest absolute Gasteiger partial charge is 0.226 e. The molecule has 0 aromatic heterocycles. The lowest BCUT2D eigenvalue weighted by atomic mass is 9.97. The average molecular weight is 187 g/mol. The third kappa shape index (κ3) is 1.43. The minimum absolute atomic E-state index is 0.0641. The van der Waals surface area contributed by atoms with Crippen molar-refractivity contribution in [3.8, 4) is 0 Å². The molecule has 74 valence electrons. The number of aliphatic hydroxyl groups is 1. The molecular formula is C9H14FNO2. The van der Waals surface area contributed by atoms with Crippen LogP contribution in [0.1, 0.15) is 13.3 Å². The van der Waals surface area contributed by atoms with Gasteiger partial charge in [0, 0.05) is 5.92 Å². The first-order valence-electron chi connectivity index (χ1n) is 4.64. The molecule has 0 bridgehead atoms. The summed E-state index contributed by atoms with van der Waals surface area (Å²) >= 11 is 0. The second-order valence-corrected chi connectivity index (χ2v) is 4.32. The Bertz CT molecular complexity index is 238. The fourth-order valence-corrected chi connectivity index (χ4v) is 1.79. The molecule has 3 nitrogen and oxygen atoms in total. The van der Waals surface area contributed by atoms with E-state index in [1.165, 1.54) is 4.90 Å². The maximum Gasteiger partial charge on any atom is 0.226 e. The van der Waals surface area contributed by atoms with E-state index in [0.717, 1.165) is 6.42 Å². The molecule has 1 aliphatic heterocycles. The molecule has 2 unspecified atom stereocenters. The molecule has 2 fully saturated rings. The predicted octanol–water partition coefficient (Wildman–Crippen LogP) is 0.185. The van der Waals surface area contributed by atoms with Crippen LogP contribution in [0.15, 0.2) is 0 Å². The van der Waals surface area contributed by atoms with Gasteiger partial charge in [-0.3, -0.25) is 4.79 Å². The SMILES string of the molecule is CC1CC1C(=O)N1CC(F)(CO)C1. The molecule has 13 heavy (non-hydrogen) atoms. The Labute approximate surface area is 76.5 Å². The molecule has 0 spiro atoms. The number of likely N-dealkylation sites (tertiary alicyclic amines) is 1. The Hall–Kier alpha value is -0.640. The van der Waals surface area contributed by atoms with Gasteiger partial charge in [-0.2, -0.15) is 0 Å². The van der Waals surface area contributed by atoms with Crippen LogP contribution in [0, 0.1) is 11.8 Å². The molecule has 4 heteroatoms. The van der Waals surface area contributed by atoms with E-state index in [-0.39, 0.29) is 24.9 Å². The van der Waals surface area contributed by atoms with Crippen molar-refractivity contribution in [1.82, 2.24) is 4.90 Å². The molecule has 0 aromatic rings. The topological polar surface area (TPSA) is 40.5 Å². The van der Waals surface area contributed by atoms with Crippen LogP contribution in [0.4, 0.5) is 4.39 Å². The number of alkyl halides is 1. The Morgan fingerprint density at radius 1 is 1.69 bits per heavy atom. The highest BCUT2D eigenvalue weighted by Gasteiger charge is 2.50. The van der Waals surface area contributed by atoms with Crippen LogP contribution in [0.3, 0.4) is 0 Å². The molecule has 1 saturated heterocycles. The zero-order valence-electron chi connectivity index (χ0n) is 7.66. The van der Waals surface area contributed by atoms with E-state index in [4.69, 9.17) is 5.11 Å². The summed E-state index contributed by atoms with van der Waals surface area (Å²) in [5.74, 6) is 0.661. The molecule has 1 aliphatic carbocycles. The van der Waals surface area contributed by atoms with E-state index in [0.29, 0.717) is 5.92 Å². The molecule has 2 aliphatic rings. The van der Waals surface area contributed by atoms with Crippen LogP contribution in [0.25, 0.3) is 0 Å². The van der Waals surface area contributed by atoms with Crippen molar-refractivity contribution in [1.29, 1.82) is 0 Å². The van der Waals surface area contributed by atoms with Crippen LogP contribution in [0.2, 0.25) is 0 Å². The van der Waals surface area contributed by atoms with Crippen molar-refractivity contribution in [3.05, 3.63) is 0 Å². The van der Waals surface area contributed by atoms with Crippen molar-refractivity contribution in [2.75, 3.05) is 19.7 Å². The molecule has 0 aromatic carbocycles. The first-order valence-corrected chi connectivity index (χ1v) is 4.64. The van der Waals surface area contributed by atoms with Crippen LogP contribution in [0.5, 0.6) is 0 Å². The molecule has 2 rings (SSSR count). The Morgan fingerprint density at radius 3 is 2.62 bits per heavy atom.